The Balaban J connectivity index is 0.000000182. The van der Waals surface area contributed by atoms with Crippen LogP contribution in [0.15, 0.2) is 45.3 Å². The van der Waals surface area contributed by atoms with Gasteiger partial charge < -0.3 is 16.2 Å². The minimum atomic E-state index is -1.09. The summed E-state index contributed by atoms with van der Waals surface area (Å²) in [5, 5.41) is 14.1. The minimum Gasteiger partial charge on any atom is -0.480 e. The fourth-order valence-corrected chi connectivity index (χ4v) is 5.85. The summed E-state index contributed by atoms with van der Waals surface area (Å²) in [6.07, 6.45) is 3.65. The Hall–Kier alpha value is -1.65. The molecule has 2 unspecified atom stereocenters. The van der Waals surface area contributed by atoms with Crippen LogP contribution < -0.4 is 16.4 Å². The summed E-state index contributed by atoms with van der Waals surface area (Å²) in [6.45, 7) is 0. The fourth-order valence-electron chi connectivity index (χ4n) is 4.64. The molecule has 1 aliphatic heterocycles. The van der Waals surface area contributed by atoms with Gasteiger partial charge in [-0.25, -0.2) is 4.79 Å². The zero-order valence-electron chi connectivity index (χ0n) is 17.7. The third-order valence-corrected chi connectivity index (χ3v) is 7.98. The number of carboxylic acids is 1. The number of hydrogen-bond donors (Lipinski definition) is 4. The number of amides is 3. The van der Waals surface area contributed by atoms with Crippen molar-refractivity contribution in [3.63, 3.8) is 0 Å². The molecule has 0 bridgehead atoms. The number of halogens is 2. The number of carbonyl (C=O) groups excluding carboxylic acids is 2. The maximum absolute atomic E-state index is 11.9. The van der Waals surface area contributed by atoms with Crippen molar-refractivity contribution in [2.24, 2.45) is 5.73 Å². The predicted molar refractivity (Wildman–Crippen MR) is 126 cm³/mol. The summed E-state index contributed by atoms with van der Waals surface area (Å²) in [4.78, 5) is 34.1. The normalized spacial score (nSPS) is 24.9. The Morgan fingerprint density at radius 2 is 1.48 bits per heavy atom. The molecule has 1 saturated heterocycles. The molecule has 2 aromatic rings. The van der Waals surface area contributed by atoms with Crippen LogP contribution in [0.3, 0.4) is 0 Å². The third kappa shape index (κ3) is 5.07. The van der Waals surface area contributed by atoms with E-state index in [2.05, 4.69) is 42.5 Å². The van der Waals surface area contributed by atoms with Gasteiger partial charge in [0.05, 0.1) is 0 Å². The number of imide groups is 1. The first-order valence-corrected chi connectivity index (χ1v) is 11.9. The van der Waals surface area contributed by atoms with E-state index < -0.39 is 17.0 Å². The van der Waals surface area contributed by atoms with E-state index in [1.54, 1.807) is 0 Å². The molecule has 7 nitrogen and oxygen atoms in total. The molecule has 1 fully saturated rings. The van der Waals surface area contributed by atoms with Crippen LogP contribution in [0.1, 0.15) is 35.1 Å². The van der Waals surface area contributed by atoms with Gasteiger partial charge in [0.2, 0.25) is 0 Å². The van der Waals surface area contributed by atoms with Gasteiger partial charge in [-0.2, -0.15) is 0 Å². The molecular formula is C23H23Br2N3O4V. The summed E-state index contributed by atoms with van der Waals surface area (Å²) < 4.78 is 2.13. The van der Waals surface area contributed by atoms with E-state index in [1.165, 1.54) is 11.1 Å². The van der Waals surface area contributed by atoms with Gasteiger partial charge in [-0.1, -0.05) is 56.1 Å². The zero-order valence-corrected chi connectivity index (χ0v) is 22.2. The number of nitrogens with one attached hydrogen (secondary N) is 2. The molecule has 3 amide bonds. The zero-order chi connectivity index (χ0) is 23.1. The summed E-state index contributed by atoms with van der Waals surface area (Å²) in [5.41, 5.74) is 8.64. The summed E-state index contributed by atoms with van der Waals surface area (Å²) in [7, 11) is 0. The number of urea groups is 1. The maximum Gasteiger partial charge on any atom is 0.324 e. The summed E-state index contributed by atoms with van der Waals surface area (Å²) in [5.74, 6) is -1.11. The monoisotopic (exact) mass is 614 g/mol. The van der Waals surface area contributed by atoms with E-state index in [-0.39, 0.29) is 30.5 Å². The van der Waals surface area contributed by atoms with Crippen LogP contribution in [0.5, 0.6) is 0 Å². The quantitative estimate of drug-likeness (QED) is 0.367. The predicted octanol–water partition coefficient (Wildman–Crippen LogP) is 3.23. The molecule has 1 heterocycles. The Bertz CT molecular complexity index is 1130. The number of hydrogen-bond acceptors (Lipinski definition) is 4. The Morgan fingerprint density at radius 3 is 2.00 bits per heavy atom. The molecular weight excluding hydrogens is 593 g/mol. The van der Waals surface area contributed by atoms with Crippen LogP contribution in [0.2, 0.25) is 0 Å². The molecule has 2 aliphatic carbocycles. The first-order chi connectivity index (χ1) is 15.1. The van der Waals surface area contributed by atoms with Crippen LogP contribution in [0.25, 0.3) is 0 Å². The third-order valence-electron chi connectivity index (χ3n) is 6.49. The number of carboxylic acid groups (broad SMARTS) is 1. The van der Waals surface area contributed by atoms with E-state index in [1.807, 2.05) is 36.4 Å². The van der Waals surface area contributed by atoms with Crippen molar-refractivity contribution in [1.29, 1.82) is 0 Å². The number of nitrogens with two attached hydrogens (primary N) is 1. The molecule has 2 aromatic carbocycles. The molecule has 1 radical (unpaired) electrons. The SMILES string of the molecule is NC1(C(=O)O)CCc2c(Br)cccc2C1.O=C1NC(=O)C2(CCc3c(Br)cccc3C2)N1.[V]. The standard InChI is InChI=1S/C12H11BrN2O2.C11H12BrNO2.V/c13-9-3-1-2-7-6-12(5-4-8(7)9)10(16)14-11(17)15-12;12-9-3-1-2-7-6-11(13,10(14)15)5-4-8(7)9;/h1-3H,4-6H2,(H2,14,15,16,17);1-3H,4-6,13H2,(H,14,15);. The van der Waals surface area contributed by atoms with E-state index >= 15 is 0 Å². The van der Waals surface area contributed by atoms with Crippen molar-refractivity contribution in [3.05, 3.63) is 67.6 Å². The van der Waals surface area contributed by atoms with Crippen LogP contribution in [0.4, 0.5) is 4.79 Å². The smallest absolute Gasteiger partial charge is 0.324 e. The summed E-state index contributed by atoms with van der Waals surface area (Å²) >= 11 is 6.99. The van der Waals surface area contributed by atoms with E-state index in [0.717, 1.165) is 32.9 Å². The van der Waals surface area contributed by atoms with Gasteiger partial charge in [0.15, 0.2) is 0 Å². The largest absolute Gasteiger partial charge is 0.480 e. The van der Waals surface area contributed by atoms with Crippen LogP contribution in [-0.4, -0.2) is 34.1 Å². The molecule has 5 rings (SSSR count). The molecule has 173 valence electrons. The molecule has 10 heteroatoms. The van der Waals surface area contributed by atoms with Crippen LogP contribution in [0, 0.1) is 0 Å². The second-order valence-electron chi connectivity index (χ2n) is 8.56. The molecule has 3 aliphatic rings. The van der Waals surface area contributed by atoms with Gasteiger partial charge in [0.1, 0.15) is 11.1 Å². The first-order valence-electron chi connectivity index (χ1n) is 10.3. The number of rotatable bonds is 1. The molecule has 0 aromatic heterocycles. The number of fused-ring (bicyclic) bond motifs is 2. The van der Waals surface area contributed by atoms with Gasteiger partial charge in [0, 0.05) is 40.3 Å². The average Bonchev–Trinajstić information content (AvgIpc) is 3.00. The molecule has 5 N–H and O–H groups in total. The van der Waals surface area contributed by atoms with E-state index in [0.29, 0.717) is 25.7 Å². The maximum atomic E-state index is 11.9. The minimum absolute atomic E-state index is 0. The Kier molecular flexibility index (Phi) is 7.80. The fraction of sp³-hybridized carbons (Fsp3) is 0.348. The number of benzene rings is 2. The van der Waals surface area contributed by atoms with Gasteiger partial charge in [0.25, 0.3) is 5.91 Å². The van der Waals surface area contributed by atoms with Crippen molar-refractivity contribution in [1.82, 2.24) is 10.6 Å². The molecule has 2 atom stereocenters. The van der Waals surface area contributed by atoms with Gasteiger partial charge in [-0.05, 0) is 60.1 Å². The van der Waals surface area contributed by atoms with Crippen molar-refractivity contribution in [3.8, 4) is 0 Å². The molecule has 33 heavy (non-hydrogen) atoms. The second kappa shape index (κ2) is 9.92. The first kappa shape index (κ1) is 26.0. The number of aliphatic carboxylic acids is 1. The van der Waals surface area contributed by atoms with E-state index in [4.69, 9.17) is 10.8 Å². The van der Waals surface area contributed by atoms with E-state index in [9.17, 15) is 14.4 Å². The van der Waals surface area contributed by atoms with Crippen molar-refractivity contribution in [2.45, 2.75) is 49.6 Å². The van der Waals surface area contributed by atoms with Gasteiger partial charge >= 0.3 is 12.0 Å². The van der Waals surface area contributed by atoms with Crippen molar-refractivity contribution >= 4 is 49.8 Å². The second-order valence-corrected chi connectivity index (χ2v) is 10.3. The van der Waals surface area contributed by atoms with Gasteiger partial charge in [-0.15, -0.1) is 0 Å². The van der Waals surface area contributed by atoms with Crippen molar-refractivity contribution in [2.75, 3.05) is 0 Å². The molecule has 1 spiro atoms. The average molecular weight is 616 g/mol. The van der Waals surface area contributed by atoms with Gasteiger partial charge in [-0.3, -0.25) is 14.9 Å². The van der Waals surface area contributed by atoms with Crippen LogP contribution in [-0.2, 0) is 53.8 Å². The Morgan fingerprint density at radius 1 is 0.939 bits per heavy atom. The van der Waals surface area contributed by atoms with Crippen molar-refractivity contribution < 1.29 is 38.0 Å². The topological polar surface area (TPSA) is 122 Å². The molecule has 0 saturated carbocycles. The Labute approximate surface area is 220 Å². The van der Waals surface area contributed by atoms with Crippen LogP contribution >= 0.6 is 31.9 Å². The summed E-state index contributed by atoms with van der Waals surface area (Å²) in [6, 6.07) is 11.4. The number of carbonyl (C=O) groups is 3.